The van der Waals surface area contributed by atoms with Crippen LogP contribution >= 0.6 is 0 Å². The van der Waals surface area contributed by atoms with Gasteiger partial charge in [-0.3, -0.25) is 9.59 Å². The second-order valence-corrected chi connectivity index (χ2v) is 5.03. The molecule has 0 atom stereocenters. The first kappa shape index (κ1) is 14.8. The zero-order chi connectivity index (χ0) is 15.2. The molecule has 108 valence electrons. The van der Waals surface area contributed by atoms with Crippen LogP contribution in [-0.4, -0.2) is 17.9 Å². The number of rotatable bonds is 4. The van der Waals surface area contributed by atoms with E-state index in [1.165, 1.54) is 0 Å². The lowest BCUT2D eigenvalue weighted by Crippen LogP contribution is -2.30. The van der Waals surface area contributed by atoms with Crippen LogP contribution in [0.4, 0.5) is 5.69 Å². The quantitative estimate of drug-likeness (QED) is 0.905. The highest BCUT2D eigenvalue weighted by molar-refractivity contribution is 6.05. The number of carbonyl (C=O) groups excluding carboxylic acids is 2. The van der Waals surface area contributed by atoms with Crippen LogP contribution in [0.15, 0.2) is 54.6 Å². The lowest BCUT2D eigenvalue weighted by atomic mass is 10.1. The van der Waals surface area contributed by atoms with Gasteiger partial charge in [0.25, 0.3) is 11.8 Å². The molecule has 2 N–H and O–H groups in total. The summed E-state index contributed by atoms with van der Waals surface area (Å²) in [4.78, 5) is 24.0. The molecular weight excluding hydrogens is 264 g/mol. The molecule has 0 bridgehead atoms. The molecule has 2 aromatic rings. The maximum absolute atomic E-state index is 12.1. The average molecular weight is 282 g/mol. The average Bonchev–Trinajstić information content (AvgIpc) is 2.47. The van der Waals surface area contributed by atoms with Gasteiger partial charge in [0.15, 0.2) is 0 Å². The van der Waals surface area contributed by atoms with Crippen LogP contribution in [0, 0.1) is 0 Å². The highest BCUT2D eigenvalue weighted by atomic mass is 16.2. The Morgan fingerprint density at radius 1 is 0.857 bits per heavy atom. The summed E-state index contributed by atoms with van der Waals surface area (Å²) in [6, 6.07) is 15.9. The number of anilines is 1. The fourth-order valence-electron chi connectivity index (χ4n) is 1.88. The van der Waals surface area contributed by atoms with Crippen molar-refractivity contribution >= 4 is 17.5 Å². The van der Waals surface area contributed by atoms with Gasteiger partial charge in [0, 0.05) is 22.9 Å². The Balaban J connectivity index is 2.11. The van der Waals surface area contributed by atoms with Crippen molar-refractivity contribution in [3.63, 3.8) is 0 Å². The Hall–Kier alpha value is -2.62. The molecule has 0 unspecified atom stereocenters. The predicted octanol–water partition coefficient (Wildman–Crippen LogP) is 3.08. The number of hydrogen-bond donors (Lipinski definition) is 2. The monoisotopic (exact) mass is 282 g/mol. The fourth-order valence-corrected chi connectivity index (χ4v) is 1.88. The third-order valence-corrected chi connectivity index (χ3v) is 2.84. The van der Waals surface area contributed by atoms with Crippen LogP contribution in [0.25, 0.3) is 0 Å². The SMILES string of the molecule is CC(C)NC(=O)c1cccc(NC(=O)c2ccccc2)c1. The Morgan fingerprint density at radius 3 is 2.19 bits per heavy atom. The van der Waals surface area contributed by atoms with Crippen molar-refractivity contribution in [3.8, 4) is 0 Å². The van der Waals surface area contributed by atoms with Crippen LogP contribution < -0.4 is 10.6 Å². The number of benzene rings is 2. The lowest BCUT2D eigenvalue weighted by Gasteiger charge is -2.10. The van der Waals surface area contributed by atoms with E-state index in [1.807, 2.05) is 19.9 Å². The minimum absolute atomic E-state index is 0.0695. The molecular formula is C17H18N2O2. The molecule has 0 spiro atoms. The summed E-state index contributed by atoms with van der Waals surface area (Å²) >= 11 is 0. The van der Waals surface area contributed by atoms with E-state index >= 15 is 0 Å². The van der Waals surface area contributed by atoms with Gasteiger partial charge in [-0.15, -0.1) is 0 Å². The molecule has 0 aliphatic rings. The van der Waals surface area contributed by atoms with Crippen molar-refractivity contribution in [2.75, 3.05) is 5.32 Å². The fraction of sp³-hybridized carbons (Fsp3) is 0.176. The summed E-state index contributed by atoms with van der Waals surface area (Å²) in [6.07, 6.45) is 0. The molecule has 21 heavy (non-hydrogen) atoms. The van der Waals surface area contributed by atoms with Gasteiger partial charge >= 0.3 is 0 Å². The van der Waals surface area contributed by atoms with Gasteiger partial charge < -0.3 is 10.6 Å². The van der Waals surface area contributed by atoms with E-state index in [0.29, 0.717) is 16.8 Å². The predicted molar refractivity (Wildman–Crippen MR) is 83.4 cm³/mol. The van der Waals surface area contributed by atoms with E-state index in [0.717, 1.165) is 0 Å². The van der Waals surface area contributed by atoms with Gasteiger partial charge in [0.1, 0.15) is 0 Å². The first-order chi connectivity index (χ1) is 10.1. The second kappa shape index (κ2) is 6.70. The van der Waals surface area contributed by atoms with E-state index in [-0.39, 0.29) is 17.9 Å². The highest BCUT2D eigenvalue weighted by Gasteiger charge is 2.09. The molecule has 0 heterocycles. The van der Waals surface area contributed by atoms with Crippen LogP contribution in [0.2, 0.25) is 0 Å². The zero-order valence-electron chi connectivity index (χ0n) is 12.1. The number of hydrogen-bond acceptors (Lipinski definition) is 2. The van der Waals surface area contributed by atoms with Gasteiger partial charge in [-0.2, -0.15) is 0 Å². The first-order valence-electron chi connectivity index (χ1n) is 6.83. The minimum Gasteiger partial charge on any atom is -0.350 e. The summed E-state index contributed by atoms with van der Waals surface area (Å²) in [5.74, 6) is -0.349. The summed E-state index contributed by atoms with van der Waals surface area (Å²) in [6.45, 7) is 3.80. The van der Waals surface area contributed by atoms with Gasteiger partial charge in [-0.05, 0) is 44.2 Å². The van der Waals surface area contributed by atoms with E-state index in [4.69, 9.17) is 0 Å². The van der Waals surface area contributed by atoms with Crippen LogP contribution in [-0.2, 0) is 0 Å². The lowest BCUT2D eigenvalue weighted by molar-refractivity contribution is 0.0942. The van der Waals surface area contributed by atoms with E-state index < -0.39 is 0 Å². The molecule has 4 nitrogen and oxygen atoms in total. The number of amides is 2. The van der Waals surface area contributed by atoms with Crippen molar-refractivity contribution in [2.24, 2.45) is 0 Å². The standard InChI is InChI=1S/C17H18N2O2/c1-12(2)18-17(21)14-9-6-10-15(11-14)19-16(20)13-7-4-3-5-8-13/h3-12H,1-2H3,(H,18,21)(H,19,20). The summed E-state index contributed by atoms with van der Waals surface area (Å²) in [5, 5.41) is 5.61. The van der Waals surface area contributed by atoms with E-state index in [2.05, 4.69) is 10.6 Å². The molecule has 2 amide bonds. The summed E-state index contributed by atoms with van der Waals surface area (Å²) in [5.41, 5.74) is 1.70. The van der Waals surface area contributed by atoms with Crippen molar-refractivity contribution in [2.45, 2.75) is 19.9 Å². The normalized spacial score (nSPS) is 10.2. The van der Waals surface area contributed by atoms with Crippen LogP contribution in [0.5, 0.6) is 0 Å². The maximum Gasteiger partial charge on any atom is 0.255 e. The largest absolute Gasteiger partial charge is 0.350 e. The molecule has 0 saturated heterocycles. The van der Waals surface area contributed by atoms with Crippen molar-refractivity contribution in [3.05, 3.63) is 65.7 Å². The third-order valence-electron chi connectivity index (χ3n) is 2.84. The Morgan fingerprint density at radius 2 is 1.52 bits per heavy atom. The first-order valence-corrected chi connectivity index (χ1v) is 6.83. The molecule has 0 radical (unpaired) electrons. The van der Waals surface area contributed by atoms with Gasteiger partial charge in [-0.25, -0.2) is 0 Å². The smallest absolute Gasteiger partial charge is 0.255 e. The molecule has 0 aromatic heterocycles. The number of carbonyl (C=O) groups is 2. The third kappa shape index (κ3) is 4.18. The van der Waals surface area contributed by atoms with Crippen molar-refractivity contribution in [1.29, 1.82) is 0 Å². The van der Waals surface area contributed by atoms with E-state index in [1.54, 1.807) is 48.5 Å². The Kier molecular flexibility index (Phi) is 4.72. The minimum atomic E-state index is -0.197. The molecule has 0 aliphatic heterocycles. The second-order valence-electron chi connectivity index (χ2n) is 5.03. The van der Waals surface area contributed by atoms with Gasteiger partial charge in [0.2, 0.25) is 0 Å². The molecule has 2 aromatic carbocycles. The topological polar surface area (TPSA) is 58.2 Å². The molecule has 0 saturated carbocycles. The molecule has 4 heteroatoms. The molecule has 0 fully saturated rings. The van der Waals surface area contributed by atoms with Gasteiger partial charge in [-0.1, -0.05) is 24.3 Å². The highest BCUT2D eigenvalue weighted by Crippen LogP contribution is 2.12. The molecule has 2 rings (SSSR count). The number of nitrogens with one attached hydrogen (secondary N) is 2. The Bertz CT molecular complexity index is 636. The van der Waals surface area contributed by atoms with E-state index in [9.17, 15) is 9.59 Å². The zero-order valence-corrected chi connectivity index (χ0v) is 12.1. The summed E-state index contributed by atoms with van der Waals surface area (Å²) in [7, 11) is 0. The van der Waals surface area contributed by atoms with Gasteiger partial charge in [0.05, 0.1) is 0 Å². The van der Waals surface area contributed by atoms with Crippen LogP contribution in [0.1, 0.15) is 34.6 Å². The van der Waals surface area contributed by atoms with Crippen molar-refractivity contribution in [1.82, 2.24) is 5.32 Å². The Labute approximate surface area is 124 Å². The molecule has 0 aliphatic carbocycles. The summed E-state index contributed by atoms with van der Waals surface area (Å²) < 4.78 is 0. The maximum atomic E-state index is 12.1. The van der Waals surface area contributed by atoms with Crippen LogP contribution in [0.3, 0.4) is 0 Å². The van der Waals surface area contributed by atoms with Crippen molar-refractivity contribution < 1.29 is 9.59 Å².